The summed E-state index contributed by atoms with van der Waals surface area (Å²) in [6, 6.07) is 10.4. The Morgan fingerprint density at radius 1 is 1.18 bits per heavy atom. The van der Waals surface area contributed by atoms with Gasteiger partial charge in [-0.25, -0.2) is 13.4 Å². The van der Waals surface area contributed by atoms with E-state index in [1.165, 1.54) is 4.31 Å². The zero-order valence-electron chi connectivity index (χ0n) is 18.7. The average Bonchev–Trinajstić information content (AvgIpc) is 3.17. The fourth-order valence-corrected chi connectivity index (χ4v) is 5.66. The van der Waals surface area contributed by atoms with Crippen LogP contribution in [0.15, 0.2) is 41.3 Å². The minimum atomic E-state index is -3.60. The maximum Gasteiger partial charge on any atom is 0.243 e. The summed E-state index contributed by atoms with van der Waals surface area (Å²) in [7, 11) is -3.60. The number of fused-ring (bicyclic) bond motifs is 1. The number of carbonyl (C=O) groups is 1. The monoisotopic (exact) mass is 490 g/mol. The zero-order chi connectivity index (χ0) is 23.6. The van der Waals surface area contributed by atoms with Crippen LogP contribution in [0.5, 0.6) is 0 Å². The Bertz CT molecular complexity index is 1280. The molecule has 8 nitrogen and oxygen atoms in total. The minimum Gasteiger partial charge on any atom is -0.379 e. The van der Waals surface area contributed by atoms with Crippen LogP contribution in [-0.4, -0.2) is 54.5 Å². The molecule has 1 amide bonds. The van der Waals surface area contributed by atoms with Crippen molar-refractivity contribution in [3.63, 3.8) is 0 Å². The number of hydrogen-bond acceptors (Lipinski definition) is 5. The molecular formula is C23H27ClN4O4S. The van der Waals surface area contributed by atoms with Gasteiger partial charge in [0.05, 0.1) is 29.1 Å². The normalized spacial score (nSPS) is 15.1. The van der Waals surface area contributed by atoms with Crippen LogP contribution in [0.2, 0.25) is 5.02 Å². The number of ether oxygens (including phenoxy) is 1. The third-order valence-corrected chi connectivity index (χ3v) is 7.89. The summed E-state index contributed by atoms with van der Waals surface area (Å²) in [5.74, 6) is 0.627. The maximum absolute atomic E-state index is 13.0. The molecule has 3 aromatic rings. The highest BCUT2D eigenvalue weighted by Crippen LogP contribution is 2.25. The zero-order valence-corrected chi connectivity index (χ0v) is 20.2. The molecule has 10 heteroatoms. The summed E-state index contributed by atoms with van der Waals surface area (Å²) in [5.41, 5.74) is 3.08. The van der Waals surface area contributed by atoms with Gasteiger partial charge in [-0.1, -0.05) is 11.6 Å². The standard InChI is InChI=1S/C23H27ClN4O4S/c1-3-28-21-7-5-18(33(30,31)27-10-12-32-13-11-27)15-20(21)25-22(28)8-9-23(29)26-19-6-4-17(24)14-16(19)2/h4-7,14-15H,3,8-13H2,1-2H3,(H,26,29). The fourth-order valence-electron chi connectivity index (χ4n) is 4.01. The van der Waals surface area contributed by atoms with Gasteiger partial charge in [-0.2, -0.15) is 4.31 Å². The average molecular weight is 491 g/mol. The highest BCUT2D eigenvalue weighted by molar-refractivity contribution is 7.89. The Labute approximate surface area is 198 Å². The number of hydrogen-bond donors (Lipinski definition) is 1. The third kappa shape index (κ3) is 5.06. The molecule has 176 valence electrons. The smallest absolute Gasteiger partial charge is 0.243 e. The lowest BCUT2D eigenvalue weighted by Crippen LogP contribution is -2.40. The number of benzene rings is 2. The number of imidazole rings is 1. The van der Waals surface area contributed by atoms with Crippen LogP contribution in [0.25, 0.3) is 11.0 Å². The highest BCUT2D eigenvalue weighted by atomic mass is 35.5. The molecule has 33 heavy (non-hydrogen) atoms. The van der Waals surface area contributed by atoms with Crippen LogP contribution in [0, 0.1) is 6.92 Å². The number of morpholine rings is 1. The summed E-state index contributed by atoms with van der Waals surface area (Å²) < 4.78 is 34.7. The molecule has 0 spiro atoms. The molecule has 0 unspecified atom stereocenters. The third-order valence-electron chi connectivity index (χ3n) is 5.76. The van der Waals surface area contributed by atoms with Crippen molar-refractivity contribution in [2.45, 2.75) is 38.1 Å². The predicted octanol–water partition coefficient (Wildman–Crippen LogP) is 3.61. The Morgan fingerprint density at radius 3 is 2.64 bits per heavy atom. The first-order chi connectivity index (χ1) is 15.8. The van der Waals surface area contributed by atoms with E-state index in [1.807, 2.05) is 18.4 Å². The van der Waals surface area contributed by atoms with Crippen molar-refractivity contribution >= 4 is 44.3 Å². The molecule has 0 saturated carbocycles. The van der Waals surface area contributed by atoms with Crippen LogP contribution in [0.1, 0.15) is 24.7 Å². The van der Waals surface area contributed by atoms with Gasteiger partial charge in [0.2, 0.25) is 15.9 Å². The van der Waals surface area contributed by atoms with E-state index in [4.69, 9.17) is 16.3 Å². The van der Waals surface area contributed by atoms with Gasteiger partial charge < -0.3 is 14.6 Å². The summed E-state index contributed by atoms with van der Waals surface area (Å²) in [6.07, 6.45) is 0.691. The van der Waals surface area contributed by atoms with Gasteiger partial charge in [0.25, 0.3) is 0 Å². The molecule has 0 atom stereocenters. The van der Waals surface area contributed by atoms with Gasteiger partial charge in [-0.3, -0.25) is 4.79 Å². The Balaban J connectivity index is 1.52. The van der Waals surface area contributed by atoms with Crippen molar-refractivity contribution < 1.29 is 17.9 Å². The van der Waals surface area contributed by atoms with Gasteiger partial charge in [0, 0.05) is 43.2 Å². The molecule has 1 aromatic heterocycles. The van der Waals surface area contributed by atoms with Crippen LogP contribution in [0.4, 0.5) is 5.69 Å². The van der Waals surface area contributed by atoms with E-state index in [2.05, 4.69) is 10.3 Å². The maximum atomic E-state index is 13.0. The lowest BCUT2D eigenvalue weighted by atomic mass is 10.2. The first kappa shape index (κ1) is 23.7. The number of halogens is 1. The molecule has 0 bridgehead atoms. The molecule has 4 rings (SSSR count). The van der Waals surface area contributed by atoms with E-state index in [9.17, 15) is 13.2 Å². The molecule has 1 aliphatic heterocycles. The topological polar surface area (TPSA) is 93.5 Å². The van der Waals surface area contributed by atoms with Crippen LogP contribution >= 0.6 is 11.6 Å². The molecule has 1 fully saturated rings. The molecule has 1 aliphatic rings. The molecule has 0 aliphatic carbocycles. The van der Waals surface area contributed by atoms with E-state index in [1.54, 1.807) is 36.4 Å². The minimum absolute atomic E-state index is 0.120. The number of nitrogens with zero attached hydrogens (tertiary/aromatic N) is 3. The van der Waals surface area contributed by atoms with Gasteiger partial charge in [-0.15, -0.1) is 0 Å². The second-order valence-electron chi connectivity index (χ2n) is 7.95. The van der Waals surface area contributed by atoms with Crippen molar-refractivity contribution in [3.05, 3.63) is 52.8 Å². The number of anilines is 1. The highest BCUT2D eigenvalue weighted by Gasteiger charge is 2.27. The number of sulfonamides is 1. The second-order valence-corrected chi connectivity index (χ2v) is 10.3. The van der Waals surface area contributed by atoms with Gasteiger partial charge in [0.15, 0.2) is 0 Å². The first-order valence-electron chi connectivity index (χ1n) is 10.9. The second kappa shape index (κ2) is 9.80. The lowest BCUT2D eigenvalue weighted by Gasteiger charge is -2.26. The SMILES string of the molecule is CCn1c(CCC(=O)Nc2ccc(Cl)cc2C)nc2cc(S(=O)(=O)N3CCOCC3)ccc21. The number of amides is 1. The molecule has 1 saturated heterocycles. The molecular weight excluding hydrogens is 464 g/mol. The summed E-state index contributed by atoms with van der Waals surface area (Å²) in [5, 5.41) is 3.54. The number of aromatic nitrogens is 2. The van der Waals surface area contributed by atoms with E-state index in [-0.39, 0.29) is 17.2 Å². The predicted molar refractivity (Wildman–Crippen MR) is 128 cm³/mol. The van der Waals surface area contributed by atoms with E-state index < -0.39 is 10.0 Å². The number of nitrogens with one attached hydrogen (secondary N) is 1. The van der Waals surface area contributed by atoms with E-state index in [0.29, 0.717) is 49.8 Å². The quantitative estimate of drug-likeness (QED) is 0.546. The Morgan fingerprint density at radius 2 is 1.94 bits per heavy atom. The lowest BCUT2D eigenvalue weighted by molar-refractivity contribution is -0.116. The van der Waals surface area contributed by atoms with Crippen molar-refractivity contribution in [1.29, 1.82) is 0 Å². The van der Waals surface area contributed by atoms with Gasteiger partial charge in [0.1, 0.15) is 5.82 Å². The Hall–Kier alpha value is -2.46. The molecule has 2 aromatic carbocycles. The molecule has 0 radical (unpaired) electrons. The Kier molecular flexibility index (Phi) is 7.04. The molecule has 2 heterocycles. The summed E-state index contributed by atoms with van der Waals surface area (Å²) in [6.45, 7) is 6.04. The summed E-state index contributed by atoms with van der Waals surface area (Å²) in [4.78, 5) is 17.4. The molecule has 1 N–H and O–H groups in total. The van der Waals surface area contributed by atoms with Crippen molar-refractivity contribution in [1.82, 2.24) is 13.9 Å². The van der Waals surface area contributed by atoms with Crippen LogP contribution in [-0.2, 0) is 32.5 Å². The van der Waals surface area contributed by atoms with Crippen molar-refractivity contribution in [2.75, 3.05) is 31.6 Å². The number of carbonyl (C=O) groups excluding carboxylic acids is 1. The van der Waals surface area contributed by atoms with Crippen molar-refractivity contribution in [3.8, 4) is 0 Å². The van der Waals surface area contributed by atoms with Gasteiger partial charge >= 0.3 is 0 Å². The van der Waals surface area contributed by atoms with E-state index >= 15 is 0 Å². The van der Waals surface area contributed by atoms with Gasteiger partial charge in [-0.05, 0) is 55.8 Å². The largest absolute Gasteiger partial charge is 0.379 e. The summed E-state index contributed by atoms with van der Waals surface area (Å²) >= 11 is 5.98. The van der Waals surface area contributed by atoms with Crippen LogP contribution < -0.4 is 5.32 Å². The number of rotatable bonds is 7. The fraction of sp³-hybridized carbons (Fsp3) is 0.391. The first-order valence-corrected chi connectivity index (χ1v) is 12.7. The van der Waals surface area contributed by atoms with Crippen LogP contribution in [0.3, 0.4) is 0 Å². The van der Waals surface area contributed by atoms with Crippen molar-refractivity contribution in [2.24, 2.45) is 0 Å². The number of aryl methyl sites for hydroxylation is 3. The van der Waals surface area contributed by atoms with E-state index in [0.717, 1.165) is 22.6 Å².